The maximum atomic E-state index is 12.0. The zero-order chi connectivity index (χ0) is 13.1. The van der Waals surface area contributed by atoms with Gasteiger partial charge in [-0.2, -0.15) is 0 Å². The van der Waals surface area contributed by atoms with Crippen molar-refractivity contribution in [3.63, 3.8) is 0 Å². The van der Waals surface area contributed by atoms with Crippen molar-refractivity contribution < 1.29 is 5.11 Å². The number of hydrogen-bond acceptors (Lipinski definition) is 2. The Hall–Kier alpha value is -1.87. The van der Waals surface area contributed by atoms with Crippen molar-refractivity contribution in [3.8, 4) is 5.69 Å². The van der Waals surface area contributed by atoms with E-state index in [0.717, 1.165) is 28.8 Å². The Morgan fingerprint density at radius 2 is 2.00 bits per heavy atom. The van der Waals surface area contributed by atoms with E-state index in [1.54, 1.807) is 16.8 Å². The summed E-state index contributed by atoms with van der Waals surface area (Å²) in [6.07, 6.45) is 2.58. The molecule has 0 amide bonds. The van der Waals surface area contributed by atoms with Crippen LogP contribution in [0.1, 0.15) is 23.6 Å². The molecule has 0 radical (unpaired) electrons. The second-order valence-corrected chi connectivity index (χ2v) is 4.34. The van der Waals surface area contributed by atoms with Gasteiger partial charge in [0.05, 0.1) is 12.3 Å². The van der Waals surface area contributed by atoms with Crippen LogP contribution >= 0.6 is 0 Å². The number of rotatable bonds is 3. The quantitative estimate of drug-likeness (QED) is 0.898. The van der Waals surface area contributed by atoms with Crippen LogP contribution in [-0.4, -0.2) is 9.67 Å². The van der Waals surface area contributed by atoms with Gasteiger partial charge in [0.25, 0.3) is 5.56 Å². The summed E-state index contributed by atoms with van der Waals surface area (Å²) in [5, 5.41) is 9.18. The molecule has 0 spiro atoms. The van der Waals surface area contributed by atoms with Crippen molar-refractivity contribution >= 4 is 0 Å². The third kappa shape index (κ3) is 2.22. The Morgan fingerprint density at radius 1 is 1.22 bits per heavy atom. The molecule has 1 heterocycles. The average Bonchev–Trinajstić information content (AvgIpc) is 2.39. The summed E-state index contributed by atoms with van der Waals surface area (Å²) < 4.78 is 1.62. The van der Waals surface area contributed by atoms with Crippen LogP contribution in [0.5, 0.6) is 0 Å². The first kappa shape index (κ1) is 12.6. The highest BCUT2D eigenvalue weighted by Gasteiger charge is 2.08. The molecule has 2 aromatic rings. The topological polar surface area (TPSA) is 42.2 Å². The molecule has 0 saturated heterocycles. The minimum absolute atomic E-state index is 0.0619. The minimum atomic E-state index is -0.0730. The summed E-state index contributed by atoms with van der Waals surface area (Å²) in [6, 6.07) is 9.17. The van der Waals surface area contributed by atoms with E-state index >= 15 is 0 Å². The number of hydrogen-bond donors (Lipinski definition) is 1. The molecule has 0 atom stereocenters. The van der Waals surface area contributed by atoms with Gasteiger partial charge < -0.3 is 5.11 Å². The first-order valence-electron chi connectivity index (χ1n) is 6.08. The first-order chi connectivity index (χ1) is 8.67. The molecular weight excluding hydrogens is 226 g/mol. The molecule has 18 heavy (non-hydrogen) atoms. The number of benzene rings is 1. The van der Waals surface area contributed by atoms with Crippen LogP contribution in [-0.2, 0) is 13.0 Å². The fourth-order valence-electron chi connectivity index (χ4n) is 2.15. The number of aryl methyl sites for hydroxylation is 2. The summed E-state index contributed by atoms with van der Waals surface area (Å²) in [5.41, 5.74) is 3.79. The van der Waals surface area contributed by atoms with Gasteiger partial charge >= 0.3 is 0 Å². The van der Waals surface area contributed by atoms with Gasteiger partial charge in [0, 0.05) is 12.3 Å². The lowest BCUT2D eigenvalue weighted by Gasteiger charge is -2.14. The smallest absolute Gasteiger partial charge is 0.255 e. The van der Waals surface area contributed by atoms with Crippen LogP contribution in [0.3, 0.4) is 0 Å². The second-order valence-electron chi connectivity index (χ2n) is 4.34. The summed E-state index contributed by atoms with van der Waals surface area (Å²) in [6.45, 7) is 4.00. The molecule has 1 aromatic heterocycles. The number of para-hydroxylation sites is 1. The van der Waals surface area contributed by atoms with Crippen LogP contribution in [0.4, 0.5) is 0 Å². The predicted octanol–water partition coefficient (Wildman–Crippen LogP) is 2.20. The number of pyridine rings is 1. The molecule has 0 bridgehead atoms. The van der Waals surface area contributed by atoms with E-state index in [0.29, 0.717) is 0 Å². The lowest BCUT2D eigenvalue weighted by Crippen LogP contribution is -2.19. The van der Waals surface area contributed by atoms with Gasteiger partial charge in [-0.25, -0.2) is 0 Å². The van der Waals surface area contributed by atoms with E-state index in [1.807, 2.05) is 25.1 Å². The summed E-state index contributed by atoms with van der Waals surface area (Å²) >= 11 is 0. The van der Waals surface area contributed by atoms with Crippen molar-refractivity contribution in [3.05, 3.63) is 63.6 Å². The standard InChI is InChI=1S/C15H17NO2/c1-3-13-6-4-5-11(2)15(13)16-9-12(10-17)7-8-14(16)18/h4-9,17H,3,10H2,1-2H3. The van der Waals surface area contributed by atoms with Crippen molar-refractivity contribution in [1.82, 2.24) is 4.57 Å². The molecule has 1 N–H and O–H groups in total. The molecular formula is C15H17NO2. The zero-order valence-electron chi connectivity index (χ0n) is 10.7. The van der Waals surface area contributed by atoms with E-state index < -0.39 is 0 Å². The zero-order valence-corrected chi connectivity index (χ0v) is 10.7. The maximum Gasteiger partial charge on any atom is 0.255 e. The number of aliphatic hydroxyl groups excluding tert-OH is 1. The Morgan fingerprint density at radius 3 is 2.67 bits per heavy atom. The number of aromatic nitrogens is 1. The third-order valence-corrected chi connectivity index (χ3v) is 3.10. The van der Waals surface area contributed by atoms with Crippen LogP contribution in [0.15, 0.2) is 41.3 Å². The second kappa shape index (κ2) is 5.19. The van der Waals surface area contributed by atoms with Crippen LogP contribution in [0.2, 0.25) is 0 Å². The molecule has 3 nitrogen and oxygen atoms in total. The van der Waals surface area contributed by atoms with Gasteiger partial charge in [-0.3, -0.25) is 9.36 Å². The predicted molar refractivity (Wildman–Crippen MR) is 72.1 cm³/mol. The number of aliphatic hydroxyl groups is 1. The van der Waals surface area contributed by atoms with Crippen LogP contribution in [0, 0.1) is 6.92 Å². The molecule has 3 heteroatoms. The molecule has 0 saturated carbocycles. The fourth-order valence-corrected chi connectivity index (χ4v) is 2.15. The van der Waals surface area contributed by atoms with E-state index in [1.165, 1.54) is 6.07 Å². The molecule has 0 aliphatic carbocycles. The lowest BCUT2D eigenvalue weighted by atomic mass is 10.1. The Kier molecular flexibility index (Phi) is 3.63. The minimum Gasteiger partial charge on any atom is -0.392 e. The van der Waals surface area contributed by atoms with Crippen molar-refractivity contribution in [2.45, 2.75) is 26.9 Å². The average molecular weight is 243 g/mol. The Labute approximate surface area is 106 Å². The fraction of sp³-hybridized carbons (Fsp3) is 0.267. The van der Waals surface area contributed by atoms with Gasteiger partial charge in [0.1, 0.15) is 0 Å². The summed E-state index contributed by atoms with van der Waals surface area (Å²) in [5.74, 6) is 0. The van der Waals surface area contributed by atoms with Gasteiger partial charge in [-0.1, -0.05) is 25.1 Å². The van der Waals surface area contributed by atoms with E-state index in [4.69, 9.17) is 0 Å². The van der Waals surface area contributed by atoms with Gasteiger partial charge in [-0.05, 0) is 36.1 Å². The molecule has 2 rings (SSSR count). The lowest BCUT2D eigenvalue weighted by molar-refractivity contribution is 0.281. The molecule has 0 aliphatic rings. The molecule has 94 valence electrons. The van der Waals surface area contributed by atoms with Gasteiger partial charge in [0.2, 0.25) is 0 Å². The SMILES string of the molecule is CCc1cccc(C)c1-n1cc(CO)ccc1=O. The number of nitrogens with zero attached hydrogens (tertiary/aromatic N) is 1. The molecule has 0 aliphatic heterocycles. The van der Waals surface area contributed by atoms with Crippen molar-refractivity contribution in [1.29, 1.82) is 0 Å². The van der Waals surface area contributed by atoms with Gasteiger partial charge in [0.15, 0.2) is 0 Å². The van der Waals surface area contributed by atoms with Crippen molar-refractivity contribution in [2.75, 3.05) is 0 Å². The van der Waals surface area contributed by atoms with E-state index in [9.17, 15) is 9.90 Å². The molecule has 0 unspecified atom stereocenters. The van der Waals surface area contributed by atoms with Crippen molar-refractivity contribution in [2.24, 2.45) is 0 Å². The van der Waals surface area contributed by atoms with E-state index in [2.05, 4.69) is 6.92 Å². The van der Waals surface area contributed by atoms with E-state index in [-0.39, 0.29) is 12.2 Å². The summed E-state index contributed by atoms with van der Waals surface area (Å²) in [4.78, 5) is 12.0. The highest BCUT2D eigenvalue weighted by Crippen LogP contribution is 2.18. The Balaban J connectivity index is 2.72. The highest BCUT2D eigenvalue weighted by molar-refractivity contribution is 5.48. The van der Waals surface area contributed by atoms with Gasteiger partial charge in [-0.15, -0.1) is 0 Å². The first-order valence-corrected chi connectivity index (χ1v) is 6.08. The Bertz CT molecular complexity index is 614. The maximum absolute atomic E-state index is 12.0. The monoisotopic (exact) mass is 243 g/mol. The highest BCUT2D eigenvalue weighted by atomic mass is 16.3. The molecule has 0 fully saturated rings. The molecule has 1 aromatic carbocycles. The largest absolute Gasteiger partial charge is 0.392 e. The normalized spacial score (nSPS) is 10.6. The van der Waals surface area contributed by atoms with Crippen LogP contribution in [0.25, 0.3) is 5.69 Å². The third-order valence-electron chi connectivity index (χ3n) is 3.10. The van der Waals surface area contributed by atoms with Crippen LogP contribution < -0.4 is 5.56 Å². The summed E-state index contributed by atoms with van der Waals surface area (Å²) in [7, 11) is 0.